The number of hydrogen-bond donors (Lipinski definition) is 0. The van der Waals surface area contributed by atoms with Gasteiger partial charge in [0.05, 0.1) is 13.2 Å². The van der Waals surface area contributed by atoms with E-state index in [1.807, 2.05) is 60.7 Å². The van der Waals surface area contributed by atoms with E-state index in [0.29, 0.717) is 5.56 Å². The highest BCUT2D eigenvalue weighted by molar-refractivity contribution is 5.88. The molecule has 0 spiro atoms. The van der Waals surface area contributed by atoms with Crippen molar-refractivity contribution in [3.8, 4) is 5.75 Å². The van der Waals surface area contributed by atoms with Crippen LogP contribution in [0.25, 0.3) is 0 Å². The number of carbonyl (C=O) groups is 2. The van der Waals surface area contributed by atoms with Gasteiger partial charge in [0, 0.05) is 18.5 Å². The van der Waals surface area contributed by atoms with Crippen molar-refractivity contribution in [3.05, 3.63) is 101 Å². The van der Waals surface area contributed by atoms with Crippen LogP contribution < -0.4 is 4.74 Å². The molecule has 0 radical (unpaired) electrons. The smallest absolute Gasteiger partial charge is 0.328 e. The SMILES string of the molecule is COC(=O)[C@@H]1Cc2c(ccc(F)c2OCc2ccccc2)CN1C(=O)[C@@H](OC1CCCC1)c1ccccc1. The molecule has 0 unspecified atom stereocenters. The zero-order valence-electron chi connectivity index (χ0n) is 21.5. The third-order valence-corrected chi connectivity index (χ3v) is 7.36. The number of ether oxygens (including phenoxy) is 3. The summed E-state index contributed by atoms with van der Waals surface area (Å²) in [6.45, 7) is 0.304. The third kappa shape index (κ3) is 5.58. The van der Waals surface area contributed by atoms with E-state index in [-0.39, 0.29) is 37.3 Å². The first-order chi connectivity index (χ1) is 18.5. The summed E-state index contributed by atoms with van der Waals surface area (Å²) in [5.41, 5.74) is 2.95. The molecule has 3 aromatic carbocycles. The van der Waals surface area contributed by atoms with Crippen molar-refractivity contribution in [2.24, 2.45) is 0 Å². The van der Waals surface area contributed by atoms with Gasteiger partial charge in [0.1, 0.15) is 12.6 Å². The van der Waals surface area contributed by atoms with Crippen LogP contribution in [-0.2, 0) is 38.6 Å². The van der Waals surface area contributed by atoms with Gasteiger partial charge in [0.15, 0.2) is 17.7 Å². The lowest BCUT2D eigenvalue weighted by Gasteiger charge is -2.38. The minimum Gasteiger partial charge on any atom is -0.486 e. The van der Waals surface area contributed by atoms with Crippen molar-refractivity contribution in [2.45, 2.75) is 63.5 Å². The quantitative estimate of drug-likeness (QED) is 0.368. The van der Waals surface area contributed by atoms with E-state index in [0.717, 1.165) is 42.4 Å². The van der Waals surface area contributed by atoms with Gasteiger partial charge in [0.2, 0.25) is 0 Å². The van der Waals surface area contributed by atoms with Crippen LogP contribution in [-0.4, -0.2) is 36.0 Å². The lowest BCUT2D eigenvalue weighted by molar-refractivity contribution is -0.161. The van der Waals surface area contributed by atoms with Crippen molar-refractivity contribution in [1.82, 2.24) is 4.90 Å². The summed E-state index contributed by atoms with van der Waals surface area (Å²) >= 11 is 0. The summed E-state index contributed by atoms with van der Waals surface area (Å²) in [5.74, 6) is -1.26. The van der Waals surface area contributed by atoms with Crippen molar-refractivity contribution in [1.29, 1.82) is 0 Å². The molecule has 1 aliphatic heterocycles. The molecule has 2 atom stereocenters. The van der Waals surface area contributed by atoms with Crippen LogP contribution in [0.2, 0.25) is 0 Å². The van der Waals surface area contributed by atoms with Gasteiger partial charge in [-0.3, -0.25) is 4.79 Å². The second-order valence-corrected chi connectivity index (χ2v) is 9.83. The highest BCUT2D eigenvalue weighted by atomic mass is 19.1. The fourth-order valence-electron chi connectivity index (χ4n) is 5.35. The molecule has 5 rings (SSSR count). The normalized spacial score (nSPS) is 18.1. The molecular weight excluding hydrogens is 485 g/mol. The average molecular weight is 518 g/mol. The van der Waals surface area contributed by atoms with E-state index in [1.165, 1.54) is 18.1 Å². The molecule has 3 aromatic rings. The lowest BCUT2D eigenvalue weighted by Crippen LogP contribution is -2.51. The fourth-order valence-corrected chi connectivity index (χ4v) is 5.35. The molecule has 7 heteroatoms. The first-order valence-corrected chi connectivity index (χ1v) is 13.1. The van der Waals surface area contributed by atoms with Crippen LogP contribution >= 0.6 is 0 Å². The average Bonchev–Trinajstić information content (AvgIpc) is 3.48. The zero-order valence-corrected chi connectivity index (χ0v) is 21.5. The van der Waals surface area contributed by atoms with Gasteiger partial charge >= 0.3 is 5.97 Å². The number of rotatable bonds is 8. The maximum absolute atomic E-state index is 15.0. The summed E-state index contributed by atoms with van der Waals surface area (Å²) in [5, 5.41) is 0. The van der Waals surface area contributed by atoms with Crippen molar-refractivity contribution >= 4 is 11.9 Å². The molecule has 0 aromatic heterocycles. The van der Waals surface area contributed by atoms with E-state index in [4.69, 9.17) is 14.2 Å². The number of carbonyl (C=O) groups excluding carboxylic acids is 2. The predicted octanol–water partition coefficient (Wildman–Crippen LogP) is 5.53. The Bertz CT molecular complexity index is 1260. The lowest BCUT2D eigenvalue weighted by atomic mass is 9.91. The number of benzene rings is 3. The zero-order chi connectivity index (χ0) is 26.5. The number of amides is 1. The van der Waals surface area contributed by atoms with Crippen LogP contribution in [0.5, 0.6) is 5.75 Å². The summed E-state index contributed by atoms with van der Waals surface area (Å²) < 4.78 is 32.4. The van der Waals surface area contributed by atoms with E-state index in [9.17, 15) is 14.0 Å². The predicted molar refractivity (Wildman–Crippen MR) is 140 cm³/mol. The fraction of sp³-hybridized carbons (Fsp3) is 0.355. The highest BCUT2D eigenvalue weighted by Crippen LogP contribution is 2.37. The molecule has 1 aliphatic carbocycles. The van der Waals surface area contributed by atoms with E-state index in [1.54, 1.807) is 6.07 Å². The maximum Gasteiger partial charge on any atom is 0.328 e. The van der Waals surface area contributed by atoms with E-state index >= 15 is 0 Å². The molecule has 198 valence electrons. The molecule has 1 amide bonds. The molecule has 0 bridgehead atoms. The van der Waals surface area contributed by atoms with E-state index in [2.05, 4.69) is 0 Å². The monoisotopic (exact) mass is 517 g/mol. The van der Waals surface area contributed by atoms with Gasteiger partial charge < -0.3 is 19.1 Å². The van der Waals surface area contributed by atoms with Crippen molar-refractivity contribution in [3.63, 3.8) is 0 Å². The topological polar surface area (TPSA) is 65.1 Å². The van der Waals surface area contributed by atoms with Crippen molar-refractivity contribution in [2.75, 3.05) is 7.11 Å². The molecule has 2 aliphatic rings. The van der Waals surface area contributed by atoms with E-state index < -0.39 is 23.9 Å². The van der Waals surface area contributed by atoms with Crippen LogP contribution in [0, 0.1) is 5.82 Å². The molecule has 1 saturated carbocycles. The Balaban J connectivity index is 1.46. The Morgan fingerprint density at radius 1 is 0.974 bits per heavy atom. The number of hydrogen-bond acceptors (Lipinski definition) is 5. The van der Waals surface area contributed by atoms with Crippen LogP contribution in [0.1, 0.15) is 54.0 Å². The Morgan fingerprint density at radius 3 is 2.34 bits per heavy atom. The first-order valence-electron chi connectivity index (χ1n) is 13.1. The van der Waals surface area contributed by atoms with Gasteiger partial charge in [-0.25, -0.2) is 9.18 Å². The summed E-state index contributed by atoms with van der Waals surface area (Å²) in [6.07, 6.45) is 3.18. The summed E-state index contributed by atoms with van der Waals surface area (Å²) in [4.78, 5) is 28.6. The second-order valence-electron chi connectivity index (χ2n) is 9.83. The Labute approximate surface area is 222 Å². The first kappa shape index (κ1) is 25.9. The highest BCUT2D eigenvalue weighted by Gasteiger charge is 2.41. The molecule has 1 heterocycles. The Kier molecular flexibility index (Phi) is 8.03. The van der Waals surface area contributed by atoms with Gasteiger partial charge in [-0.15, -0.1) is 0 Å². The summed E-state index contributed by atoms with van der Waals surface area (Å²) in [7, 11) is 1.29. The molecule has 0 saturated heterocycles. The number of fused-ring (bicyclic) bond motifs is 1. The molecule has 1 fully saturated rings. The minimum atomic E-state index is -0.931. The molecule has 38 heavy (non-hydrogen) atoms. The number of halogens is 1. The molecule has 6 nitrogen and oxygen atoms in total. The maximum atomic E-state index is 15.0. The van der Waals surface area contributed by atoms with Crippen LogP contribution in [0.15, 0.2) is 72.8 Å². The Hall–Kier alpha value is -3.71. The molecular formula is C31H32FNO5. The Morgan fingerprint density at radius 2 is 1.66 bits per heavy atom. The van der Waals surface area contributed by atoms with Crippen molar-refractivity contribution < 1.29 is 28.2 Å². The van der Waals surface area contributed by atoms with Crippen LogP contribution in [0.4, 0.5) is 4.39 Å². The minimum absolute atomic E-state index is 0.00936. The second kappa shape index (κ2) is 11.8. The number of methoxy groups -OCH3 is 1. The van der Waals surface area contributed by atoms with Gasteiger partial charge in [-0.05, 0) is 35.6 Å². The summed E-state index contributed by atoms with van der Waals surface area (Å²) in [6, 6.07) is 20.9. The van der Waals surface area contributed by atoms with Gasteiger partial charge in [-0.2, -0.15) is 0 Å². The van der Waals surface area contributed by atoms with Crippen LogP contribution in [0.3, 0.4) is 0 Å². The largest absolute Gasteiger partial charge is 0.486 e. The van der Waals surface area contributed by atoms with Gasteiger partial charge in [-0.1, -0.05) is 79.6 Å². The molecule has 0 N–H and O–H groups in total. The number of nitrogens with zero attached hydrogens (tertiary/aromatic N) is 1. The standard InChI is InChI=1S/C31H32FNO5/c1-36-31(35)27-18-25-23(16-17-26(32)29(25)37-20-21-10-4-2-5-11-21)19-33(27)30(34)28(22-12-6-3-7-13-22)38-24-14-8-9-15-24/h2-7,10-13,16-17,24,27-28H,8-9,14-15,18-20H2,1H3/t27-,28-/m0/s1. The number of esters is 1. The van der Waals surface area contributed by atoms with Gasteiger partial charge in [0.25, 0.3) is 5.91 Å². The third-order valence-electron chi connectivity index (χ3n) is 7.36.